The molecule has 0 bridgehead atoms. The molecule has 0 aliphatic rings. The second kappa shape index (κ2) is 11.4. The van der Waals surface area contributed by atoms with Crippen molar-refractivity contribution >= 4 is 23.0 Å². The lowest BCUT2D eigenvalue weighted by Crippen LogP contribution is -2.34. The molecule has 3 aromatic carbocycles. The number of aryl methyl sites for hydroxylation is 1. The van der Waals surface area contributed by atoms with E-state index in [1.54, 1.807) is 28.4 Å². The number of rotatable bonds is 9. The predicted molar refractivity (Wildman–Crippen MR) is 136 cm³/mol. The maximum Gasteiger partial charge on any atom is 0.174 e. The summed E-state index contributed by atoms with van der Waals surface area (Å²) in [5, 5.41) is 3.92. The zero-order chi connectivity index (χ0) is 23.8. The highest BCUT2D eigenvalue weighted by atomic mass is 32.1. The molecule has 33 heavy (non-hydrogen) atoms. The van der Waals surface area contributed by atoms with Crippen LogP contribution in [0.5, 0.6) is 23.0 Å². The van der Waals surface area contributed by atoms with E-state index in [-0.39, 0.29) is 0 Å². The van der Waals surface area contributed by atoms with Crippen LogP contribution in [0, 0.1) is 6.92 Å². The first-order valence-corrected chi connectivity index (χ1v) is 10.9. The van der Waals surface area contributed by atoms with Gasteiger partial charge in [-0.05, 0) is 60.6 Å². The predicted octanol–water partition coefficient (Wildman–Crippen LogP) is 5.43. The summed E-state index contributed by atoms with van der Waals surface area (Å²) < 4.78 is 22.0. The normalized spacial score (nSPS) is 10.3. The Morgan fingerprint density at radius 3 is 2.18 bits per heavy atom. The number of benzene rings is 3. The lowest BCUT2D eigenvalue weighted by Gasteiger charge is -2.28. The summed E-state index contributed by atoms with van der Waals surface area (Å²) in [5.74, 6) is 2.92. The molecule has 0 aliphatic carbocycles. The standard InChI is InChI=1S/C26H30N2O4S/c1-18-9-14-22(24(15-18)31-4)27-26(33)28(16-19-10-12-21(29-2)13-11-19)17-20-7-6-8-23(30-3)25(20)32-5/h6-15H,16-17H2,1-5H3,(H,27,33). The monoisotopic (exact) mass is 466 g/mol. The van der Waals surface area contributed by atoms with E-state index in [1.165, 1.54) is 0 Å². The molecular formula is C26H30N2O4S. The van der Waals surface area contributed by atoms with Gasteiger partial charge in [0.05, 0.1) is 34.1 Å². The van der Waals surface area contributed by atoms with Crippen molar-refractivity contribution in [3.8, 4) is 23.0 Å². The molecule has 0 amide bonds. The van der Waals surface area contributed by atoms with Crippen molar-refractivity contribution in [3.05, 3.63) is 77.4 Å². The fraction of sp³-hybridized carbons (Fsp3) is 0.269. The van der Waals surface area contributed by atoms with Crippen LogP contribution < -0.4 is 24.3 Å². The first-order valence-electron chi connectivity index (χ1n) is 10.5. The van der Waals surface area contributed by atoms with Gasteiger partial charge in [0.25, 0.3) is 0 Å². The van der Waals surface area contributed by atoms with Crippen LogP contribution in [0.15, 0.2) is 60.7 Å². The molecule has 0 atom stereocenters. The molecule has 0 aromatic heterocycles. The van der Waals surface area contributed by atoms with Crippen LogP contribution in [0.4, 0.5) is 5.69 Å². The molecule has 0 fully saturated rings. The number of ether oxygens (including phenoxy) is 4. The van der Waals surface area contributed by atoms with Crippen LogP contribution in [-0.2, 0) is 13.1 Å². The van der Waals surface area contributed by atoms with Crippen molar-refractivity contribution in [2.75, 3.05) is 33.8 Å². The minimum Gasteiger partial charge on any atom is -0.497 e. The molecule has 0 spiro atoms. The van der Waals surface area contributed by atoms with Gasteiger partial charge in [0.1, 0.15) is 11.5 Å². The lowest BCUT2D eigenvalue weighted by atomic mass is 10.1. The van der Waals surface area contributed by atoms with Crippen molar-refractivity contribution in [1.82, 2.24) is 4.90 Å². The van der Waals surface area contributed by atoms with Crippen molar-refractivity contribution in [1.29, 1.82) is 0 Å². The molecule has 7 heteroatoms. The third kappa shape index (κ3) is 6.08. The number of nitrogens with zero attached hydrogens (tertiary/aromatic N) is 1. The van der Waals surface area contributed by atoms with E-state index >= 15 is 0 Å². The van der Waals surface area contributed by atoms with E-state index in [0.29, 0.717) is 29.7 Å². The van der Waals surface area contributed by atoms with Gasteiger partial charge in [0, 0.05) is 18.7 Å². The summed E-state index contributed by atoms with van der Waals surface area (Å²) in [6, 6.07) is 19.8. The van der Waals surface area contributed by atoms with Gasteiger partial charge < -0.3 is 29.2 Å². The van der Waals surface area contributed by atoms with E-state index in [2.05, 4.69) is 10.2 Å². The number of thiocarbonyl (C=S) groups is 1. The lowest BCUT2D eigenvalue weighted by molar-refractivity contribution is 0.341. The van der Waals surface area contributed by atoms with Crippen LogP contribution in [0.3, 0.4) is 0 Å². The number of anilines is 1. The Labute approximate surface area is 201 Å². The summed E-state index contributed by atoms with van der Waals surface area (Å²) in [4.78, 5) is 2.08. The topological polar surface area (TPSA) is 52.2 Å². The first kappa shape index (κ1) is 24.2. The van der Waals surface area contributed by atoms with Crippen molar-refractivity contribution < 1.29 is 18.9 Å². The Morgan fingerprint density at radius 1 is 0.818 bits per heavy atom. The summed E-state index contributed by atoms with van der Waals surface area (Å²) in [6.07, 6.45) is 0. The average Bonchev–Trinajstić information content (AvgIpc) is 2.84. The Kier molecular flexibility index (Phi) is 8.38. The Bertz CT molecular complexity index is 1090. The molecule has 0 aliphatic heterocycles. The van der Waals surface area contributed by atoms with Crippen LogP contribution in [0.2, 0.25) is 0 Å². The van der Waals surface area contributed by atoms with Gasteiger partial charge in [-0.15, -0.1) is 0 Å². The maximum absolute atomic E-state index is 5.85. The quantitative estimate of drug-likeness (QED) is 0.422. The molecule has 0 saturated carbocycles. The Balaban J connectivity index is 1.92. The zero-order valence-electron chi connectivity index (χ0n) is 19.7. The fourth-order valence-electron chi connectivity index (χ4n) is 3.53. The molecule has 0 heterocycles. The van der Waals surface area contributed by atoms with Crippen LogP contribution in [0.25, 0.3) is 0 Å². The van der Waals surface area contributed by atoms with Gasteiger partial charge in [-0.25, -0.2) is 0 Å². The summed E-state index contributed by atoms with van der Waals surface area (Å²) in [7, 11) is 6.58. The van der Waals surface area contributed by atoms with Crippen LogP contribution in [0.1, 0.15) is 16.7 Å². The number of methoxy groups -OCH3 is 4. The van der Waals surface area contributed by atoms with Crippen molar-refractivity contribution in [2.45, 2.75) is 20.0 Å². The third-order valence-corrected chi connectivity index (χ3v) is 5.62. The SMILES string of the molecule is COc1ccc(CN(Cc2cccc(OC)c2OC)C(=S)Nc2ccc(C)cc2OC)cc1. The highest BCUT2D eigenvalue weighted by Gasteiger charge is 2.18. The van der Waals surface area contributed by atoms with E-state index in [4.69, 9.17) is 31.2 Å². The van der Waals surface area contributed by atoms with E-state index in [1.807, 2.05) is 67.6 Å². The molecule has 6 nitrogen and oxygen atoms in total. The van der Waals surface area contributed by atoms with Crippen molar-refractivity contribution in [3.63, 3.8) is 0 Å². The fourth-order valence-corrected chi connectivity index (χ4v) is 3.77. The van der Waals surface area contributed by atoms with Gasteiger partial charge in [0.15, 0.2) is 16.6 Å². The Morgan fingerprint density at radius 2 is 1.55 bits per heavy atom. The van der Waals surface area contributed by atoms with Crippen LogP contribution >= 0.6 is 12.2 Å². The number of para-hydroxylation sites is 1. The first-order chi connectivity index (χ1) is 16.0. The average molecular weight is 467 g/mol. The second-order valence-corrected chi connectivity index (χ2v) is 7.88. The molecule has 174 valence electrons. The zero-order valence-corrected chi connectivity index (χ0v) is 20.5. The van der Waals surface area contributed by atoms with Gasteiger partial charge >= 0.3 is 0 Å². The van der Waals surface area contributed by atoms with Crippen LogP contribution in [-0.4, -0.2) is 38.5 Å². The summed E-state index contributed by atoms with van der Waals surface area (Å²) >= 11 is 5.85. The number of hydrogen-bond acceptors (Lipinski definition) is 5. The van der Waals surface area contributed by atoms with Gasteiger partial charge in [0.2, 0.25) is 0 Å². The smallest absolute Gasteiger partial charge is 0.174 e. The van der Waals surface area contributed by atoms with E-state index < -0.39 is 0 Å². The third-order valence-electron chi connectivity index (χ3n) is 5.26. The molecular weight excluding hydrogens is 436 g/mol. The second-order valence-electron chi connectivity index (χ2n) is 7.49. The number of nitrogens with one attached hydrogen (secondary N) is 1. The molecule has 0 radical (unpaired) electrons. The highest BCUT2D eigenvalue weighted by Crippen LogP contribution is 2.32. The largest absolute Gasteiger partial charge is 0.497 e. The van der Waals surface area contributed by atoms with E-state index in [9.17, 15) is 0 Å². The molecule has 3 aromatic rings. The molecule has 3 rings (SSSR count). The highest BCUT2D eigenvalue weighted by molar-refractivity contribution is 7.80. The van der Waals surface area contributed by atoms with Crippen molar-refractivity contribution in [2.24, 2.45) is 0 Å². The molecule has 0 saturated heterocycles. The van der Waals surface area contributed by atoms with E-state index in [0.717, 1.165) is 33.9 Å². The molecule has 0 unspecified atom stereocenters. The minimum absolute atomic E-state index is 0.520. The summed E-state index contributed by atoms with van der Waals surface area (Å²) in [5.41, 5.74) is 3.98. The molecule has 1 N–H and O–H groups in total. The van der Waals surface area contributed by atoms with Gasteiger partial charge in [-0.2, -0.15) is 0 Å². The Hall–Kier alpha value is -3.45. The maximum atomic E-state index is 5.85. The number of hydrogen-bond donors (Lipinski definition) is 1. The minimum atomic E-state index is 0.520. The van der Waals surface area contributed by atoms with Gasteiger partial charge in [-0.1, -0.05) is 30.3 Å². The summed E-state index contributed by atoms with van der Waals surface area (Å²) in [6.45, 7) is 3.13. The van der Waals surface area contributed by atoms with Gasteiger partial charge in [-0.3, -0.25) is 0 Å².